The Kier molecular flexibility index (Phi) is 3.43. The molecule has 0 fully saturated rings. The number of aromatic nitrogens is 2. The zero-order valence-electron chi connectivity index (χ0n) is 10.5. The molecule has 90 valence electrons. The Labute approximate surface area is 105 Å². The molecule has 0 saturated heterocycles. The molecule has 3 nitrogen and oxygen atoms in total. The molecule has 1 heterocycles. The summed E-state index contributed by atoms with van der Waals surface area (Å²) in [6.45, 7) is 6.31. The lowest BCUT2D eigenvalue weighted by atomic mass is 10.0. The Morgan fingerprint density at radius 1 is 1.24 bits per heavy atom. The van der Waals surface area contributed by atoms with Gasteiger partial charge in [-0.3, -0.25) is 0 Å². The molecule has 0 atom stereocenters. The van der Waals surface area contributed by atoms with E-state index >= 15 is 0 Å². The molecule has 4 heteroatoms. The second-order valence-electron chi connectivity index (χ2n) is 4.24. The van der Waals surface area contributed by atoms with E-state index in [-0.39, 0.29) is 0 Å². The zero-order chi connectivity index (χ0) is 12.4. The van der Waals surface area contributed by atoms with Gasteiger partial charge in [-0.15, -0.1) is 10.2 Å². The van der Waals surface area contributed by atoms with Crippen LogP contribution in [0.2, 0.25) is 0 Å². The SMILES string of the molecule is COc1ccc(C(C)C)cc1-c1nnc(C)s1. The van der Waals surface area contributed by atoms with Crippen molar-refractivity contribution in [1.82, 2.24) is 10.2 Å². The fourth-order valence-corrected chi connectivity index (χ4v) is 2.37. The Hall–Kier alpha value is -1.42. The van der Waals surface area contributed by atoms with E-state index in [1.165, 1.54) is 5.56 Å². The molecule has 2 aromatic rings. The molecule has 0 amide bonds. The zero-order valence-corrected chi connectivity index (χ0v) is 11.3. The van der Waals surface area contributed by atoms with Gasteiger partial charge in [-0.25, -0.2) is 0 Å². The van der Waals surface area contributed by atoms with Crippen LogP contribution in [0.5, 0.6) is 5.75 Å². The summed E-state index contributed by atoms with van der Waals surface area (Å²) in [7, 11) is 1.68. The molecule has 2 rings (SSSR count). The summed E-state index contributed by atoms with van der Waals surface area (Å²) in [6.07, 6.45) is 0. The quantitative estimate of drug-likeness (QED) is 0.831. The van der Waals surface area contributed by atoms with Crippen molar-refractivity contribution in [3.05, 3.63) is 28.8 Å². The van der Waals surface area contributed by atoms with E-state index in [4.69, 9.17) is 4.74 Å². The molecule has 0 radical (unpaired) electrons. The van der Waals surface area contributed by atoms with Crippen LogP contribution in [0, 0.1) is 6.92 Å². The van der Waals surface area contributed by atoms with E-state index in [0.29, 0.717) is 5.92 Å². The van der Waals surface area contributed by atoms with E-state index in [1.807, 2.05) is 13.0 Å². The van der Waals surface area contributed by atoms with E-state index < -0.39 is 0 Å². The first kappa shape index (κ1) is 12.0. The second-order valence-corrected chi connectivity index (χ2v) is 5.42. The van der Waals surface area contributed by atoms with Gasteiger partial charge in [-0.2, -0.15) is 0 Å². The molecule has 0 bridgehead atoms. The first-order chi connectivity index (χ1) is 8.11. The van der Waals surface area contributed by atoms with Gasteiger partial charge in [0.15, 0.2) is 5.01 Å². The molecule has 0 N–H and O–H groups in total. The van der Waals surface area contributed by atoms with E-state index in [9.17, 15) is 0 Å². The first-order valence-corrected chi connectivity index (χ1v) is 6.42. The predicted octanol–water partition coefficient (Wildman–Crippen LogP) is 3.65. The monoisotopic (exact) mass is 248 g/mol. The van der Waals surface area contributed by atoms with Crippen LogP contribution in [0.1, 0.15) is 30.3 Å². The van der Waals surface area contributed by atoms with Crippen LogP contribution in [-0.4, -0.2) is 17.3 Å². The smallest absolute Gasteiger partial charge is 0.151 e. The van der Waals surface area contributed by atoms with E-state index in [0.717, 1.165) is 21.3 Å². The Morgan fingerprint density at radius 3 is 2.53 bits per heavy atom. The third-order valence-corrected chi connectivity index (χ3v) is 3.52. The Morgan fingerprint density at radius 2 is 2.00 bits per heavy atom. The largest absolute Gasteiger partial charge is 0.496 e. The molecule has 0 aliphatic rings. The van der Waals surface area contributed by atoms with Crippen LogP contribution < -0.4 is 4.74 Å². The maximum Gasteiger partial charge on any atom is 0.151 e. The van der Waals surface area contributed by atoms with Gasteiger partial charge in [-0.1, -0.05) is 31.3 Å². The molecule has 0 aliphatic carbocycles. The van der Waals surface area contributed by atoms with Crippen molar-refractivity contribution in [2.24, 2.45) is 0 Å². The van der Waals surface area contributed by atoms with Gasteiger partial charge in [-0.05, 0) is 30.5 Å². The highest BCUT2D eigenvalue weighted by Gasteiger charge is 2.12. The minimum atomic E-state index is 0.494. The molecule has 1 aromatic heterocycles. The topological polar surface area (TPSA) is 35.0 Å². The van der Waals surface area contributed by atoms with Crippen molar-refractivity contribution in [1.29, 1.82) is 0 Å². The maximum absolute atomic E-state index is 5.38. The van der Waals surface area contributed by atoms with Crippen LogP contribution in [-0.2, 0) is 0 Å². The summed E-state index contributed by atoms with van der Waals surface area (Å²) in [5.74, 6) is 1.35. The highest BCUT2D eigenvalue weighted by atomic mass is 32.1. The lowest BCUT2D eigenvalue weighted by molar-refractivity contribution is 0.416. The van der Waals surface area contributed by atoms with Crippen LogP contribution in [0.3, 0.4) is 0 Å². The third-order valence-electron chi connectivity index (χ3n) is 2.65. The van der Waals surface area contributed by atoms with Crippen molar-refractivity contribution in [3.63, 3.8) is 0 Å². The summed E-state index contributed by atoms with van der Waals surface area (Å²) in [4.78, 5) is 0. The summed E-state index contributed by atoms with van der Waals surface area (Å²) >= 11 is 1.59. The minimum absolute atomic E-state index is 0.494. The molecule has 0 spiro atoms. The predicted molar refractivity (Wildman–Crippen MR) is 70.7 cm³/mol. The number of hydrogen-bond donors (Lipinski definition) is 0. The molecule has 0 unspecified atom stereocenters. The number of ether oxygens (including phenoxy) is 1. The first-order valence-electron chi connectivity index (χ1n) is 5.60. The number of benzene rings is 1. The maximum atomic E-state index is 5.38. The van der Waals surface area contributed by atoms with Gasteiger partial charge in [0, 0.05) is 0 Å². The average Bonchev–Trinajstić information content (AvgIpc) is 2.74. The summed E-state index contributed by atoms with van der Waals surface area (Å²) in [5, 5.41) is 10.1. The Bertz CT molecular complexity index is 520. The molecule has 17 heavy (non-hydrogen) atoms. The number of aryl methyl sites for hydroxylation is 1. The summed E-state index contributed by atoms with van der Waals surface area (Å²) < 4.78 is 5.38. The fourth-order valence-electron chi connectivity index (χ4n) is 1.66. The fraction of sp³-hybridized carbons (Fsp3) is 0.385. The van der Waals surface area contributed by atoms with Gasteiger partial charge < -0.3 is 4.74 Å². The summed E-state index contributed by atoms with van der Waals surface area (Å²) in [5.41, 5.74) is 2.32. The number of rotatable bonds is 3. The number of methoxy groups -OCH3 is 1. The Balaban J connectivity index is 2.53. The van der Waals surface area contributed by atoms with Gasteiger partial charge in [0.1, 0.15) is 10.8 Å². The van der Waals surface area contributed by atoms with Crippen LogP contribution >= 0.6 is 11.3 Å². The number of hydrogen-bond acceptors (Lipinski definition) is 4. The van der Waals surface area contributed by atoms with Crippen LogP contribution in [0.4, 0.5) is 0 Å². The second kappa shape index (κ2) is 4.84. The minimum Gasteiger partial charge on any atom is -0.496 e. The van der Waals surface area contributed by atoms with Gasteiger partial charge in [0.2, 0.25) is 0 Å². The standard InChI is InChI=1S/C13H16N2OS/c1-8(2)10-5-6-12(16-4)11(7-10)13-15-14-9(3)17-13/h5-8H,1-4H3. The van der Waals surface area contributed by atoms with Crippen molar-refractivity contribution in [3.8, 4) is 16.3 Å². The highest BCUT2D eigenvalue weighted by molar-refractivity contribution is 7.14. The highest BCUT2D eigenvalue weighted by Crippen LogP contribution is 2.34. The van der Waals surface area contributed by atoms with Crippen molar-refractivity contribution >= 4 is 11.3 Å². The van der Waals surface area contributed by atoms with Gasteiger partial charge in [0.25, 0.3) is 0 Å². The van der Waals surface area contributed by atoms with E-state index in [2.05, 4.69) is 36.2 Å². The molecular formula is C13H16N2OS. The number of nitrogens with zero attached hydrogens (tertiary/aromatic N) is 2. The van der Waals surface area contributed by atoms with E-state index in [1.54, 1.807) is 18.4 Å². The van der Waals surface area contributed by atoms with Gasteiger partial charge >= 0.3 is 0 Å². The van der Waals surface area contributed by atoms with Crippen LogP contribution in [0.25, 0.3) is 10.6 Å². The van der Waals surface area contributed by atoms with Crippen LogP contribution in [0.15, 0.2) is 18.2 Å². The molecule has 0 aliphatic heterocycles. The lowest BCUT2D eigenvalue weighted by Gasteiger charge is -2.10. The van der Waals surface area contributed by atoms with Crippen molar-refractivity contribution in [2.75, 3.05) is 7.11 Å². The molecular weight excluding hydrogens is 232 g/mol. The average molecular weight is 248 g/mol. The molecule has 0 saturated carbocycles. The third kappa shape index (κ3) is 2.47. The summed E-state index contributed by atoms with van der Waals surface area (Å²) in [6, 6.07) is 6.24. The van der Waals surface area contributed by atoms with Gasteiger partial charge in [0.05, 0.1) is 12.7 Å². The lowest BCUT2D eigenvalue weighted by Crippen LogP contribution is -1.92. The normalized spacial score (nSPS) is 10.9. The van der Waals surface area contributed by atoms with Crippen molar-refractivity contribution in [2.45, 2.75) is 26.7 Å². The molecule has 1 aromatic carbocycles. The van der Waals surface area contributed by atoms with Crippen molar-refractivity contribution < 1.29 is 4.74 Å².